The summed E-state index contributed by atoms with van der Waals surface area (Å²) in [6, 6.07) is 29.4. The average molecular weight is 673 g/mol. The van der Waals surface area contributed by atoms with Gasteiger partial charge in [-0.05, 0) is 60.2 Å². The molecular weight excluding hydrogens is 637 g/mol. The second-order valence-electron chi connectivity index (χ2n) is 11.3. The van der Waals surface area contributed by atoms with Crippen molar-refractivity contribution in [2.45, 2.75) is 4.90 Å². The smallest absolute Gasteiger partial charge is 0.261 e. The van der Waals surface area contributed by atoms with Gasteiger partial charge in [-0.15, -0.1) is 0 Å². The van der Waals surface area contributed by atoms with E-state index in [-0.39, 0.29) is 16.4 Å². The van der Waals surface area contributed by atoms with Gasteiger partial charge in [0.05, 0.1) is 28.1 Å². The molecule has 4 aromatic carbocycles. The summed E-state index contributed by atoms with van der Waals surface area (Å²) in [6.45, 7) is 4.43. The van der Waals surface area contributed by atoms with Crippen LogP contribution in [0.4, 0.5) is 22.7 Å². The van der Waals surface area contributed by atoms with Crippen LogP contribution in [0.5, 0.6) is 0 Å². The molecule has 0 bridgehead atoms. The zero-order valence-corrected chi connectivity index (χ0v) is 27.4. The largest absolute Gasteiger partial charge is 0.354 e. The third kappa shape index (κ3) is 7.49. The number of nitrogens with zero attached hydrogens (tertiary/aromatic N) is 2. The predicted molar refractivity (Wildman–Crippen MR) is 187 cm³/mol. The monoisotopic (exact) mass is 672 g/mol. The van der Waals surface area contributed by atoms with Gasteiger partial charge in [-0.2, -0.15) is 0 Å². The maximum absolute atomic E-state index is 13.5. The summed E-state index contributed by atoms with van der Waals surface area (Å²) in [4.78, 5) is 15.7. The van der Waals surface area contributed by atoms with E-state index in [2.05, 4.69) is 25.6 Å². The SMILES string of the molecule is CS(=O)(=O)N(CCN1CCNCC1)c1ccc(NC(=C2C(=O)Nc3ccc(S(=O)(=O)Nc4ccccc4)cc32)c2ccccc2)cc1. The lowest BCUT2D eigenvalue weighted by atomic mass is 10.00. The van der Waals surface area contributed by atoms with Crippen LogP contribution in [0.2, 0.25) is 0 Å². The molecule has 244 valence electrons. The molecule has 1 amide bonds. The lowest BCUT2D eigenvalue weighted by Gasteiger charge is -2.30. The van der Waals surface area contributed by atoms with Crippen LogP contribution in [0.15, 0.2) is 108 Å². The Labute approximate surface area is 275 Å². The minimum atomic E-state index is -3.95. The van der Waals surface area contributed by atoms with Gasteiger partial charge >= 0.3 is 0 Å². The number of carbonyl (C=O) groups is 1. The quantitative estimate of drug-likeness (QED) is 0.175. The number of anilines is 4. The first-order valence-electron chi connectivity index (χ1n) is 15.2. The molecule has 0 atom stereocenters. The summed E-state index contributed by atoms with van der Waals surface area (Å²) in [5.41, 5.74) is 3.95. The molecule has 0 unspecified atom stereocenters. The van der Waals surface area contributed by atoms with Gasteiger partial charge in [-0.1, -0.05) is 48.5 Å². The van der Waals surface area contributed by atoms with Crippen LogP contribution in [0.1, 0.15) is 11.1 Å². The molecule has 6 rings (SSSR count). The van der Waals surface area contributed by atoms with E-state index < -0.39 is 20.0 Å². The van der Waals surface area contributed by atoms with E-state index >= 15 is 0 Å². The second kappa shape index (κ2) is 13.6. The van der Waals surface area contributed by atoms with Gasteiger partial charge in [0.2, 0.25) is 10.0 Å². The Kier molecular flexibility index (Phi) is 9.32. The number of carbonyl (C=O) groups excluding carboxylic acids is 1. The van der Waals surface area contributed by atoms with Crippen LogP contribution in [-0.4, -0.2) is 73.2 Å². The van der Waals surface area contributed by atoms with Crippen molar-refractivity contribution < 1.29 is 21.6 Å². The van der Waals surface area contributed by atoms with Crippen molar-refractivity contribution in [2.24, 2.45) is 0 Å². The molecule has 4 aromatic rings. The molecule has 47 heavy (non-hydrogen) atoms. The number of piperazine rings is 1. The van der Waals surface area contributed by atoms with Crippen LogP contribution in [-0.2, 0) is 24.8 Å². The number of amides is 1. The second-order valence-corrected chi connectivity index (χ2v) is 14.9. The van der Waals surface area contributed by atoms with Crippen molar-refractivity contribution in [1.29, 1.82) is 0 Å². The Morgan fingerprint density at radius 1 is 0.830 bits per heavy atom. The summed E-state index contributed by atoms with van der Waals surface area (Å²) < 4.78 is 56.1. The molecule has 4 N–H and O–H groups in total. The molecule has 1 saturated heterocycles. The molecular formula is C34H36N6O5S2. The van der Waals surface area contributed by atoms with Crippen molar-refractivity contribution in [2.75, 3.05) is 65.2 Å². The van der Waals surface area contributed by atoms with Gasteiger partial charge in [-0.3, -0.25) is 18.7 Å². The van der Waals surface area contributed by atoms with Crippen molar-refractivity contribution in [1.82, 2.24) is 10.2 Å². The van der Waals surface area contributed by atoms with Crippen LogP contribution in [0.3, 0.4) is 0 Å². The molecule has 13 heteroatoms. The number of hydrogen-bond acceptors (Lipinski definition) is 8. The van der Waals surface area contributed by atoms with Gasteiger partial charge in [-0.25, -0.2) is 16.8 Å². The third-order valence-electron chi connectivity index (χ3n) is 8.04. The van der Waals surface area contributed by atoms with E-state index in [0.29, 0.717) is 52.7 Å². The van der Waals surface area contributed by atoms with Gasteiger partial charge in [0.25, 0.3) is 15.9 Å². The van der Waals surface area contributed by atoms with Gasteiger partial charge in [0.15, 0.2) is 0 Å². The zero-order valence-electron chi connectivity index (χ0n) is 25.8. The van der Waals surface area contributed by atoms with Crippen LogP contribution in [0.25, 0.3) is 11.3 Å². The van der Waals surface area contributed by atoms with Crippen molar-refractivity contribution in [3.8, 4) is 0 Å². The van der Waals surface area contributed by atoms with E-state index in [0.717, 1.165) is 26.2 Å². The van der Waals surface area contributed by atoms with E-state index in [4.69, 9.17) is 0 Å². The minimum absolute atomic E-state index is 0.00699. The fraction of sp³-hybridized carbons (Fsp3) is 0.206. The highest BCUT2D eigenvalue weighted by molar-refractivity contribution is 7.92. The summed E-state index contributed by atoms with van der Waals surface area (Å²) >= 11 is 0. The first-order valence-corrected chi connectivity index (χ1v) is 18.5. The molecule has 0 aromatic heterocycles. The lowest BCUT2D eigenvalue weighted by Crippen LogP contribution is -2.47. The Morgan fingerprint density at radius 2 is 1.49 bits per heavy atom. The molecule has 2 aliphatic rings. The summed E-state index contributed by atoms with van der Waals surface area (Å²) in [5, 5.41) is 9.53. The van der Waals surface area contributed by atoms with Crippen LogP contribution < -0.4 is 25.0 Å². The van der Waals surface area contributed by atoms with Crippen molar-refractivity contribution in [3.63, 3.8) is 0 Å². The topological polar surface area (TPSA) is 140 Å². The van der Waals surface area contributed by atoms with Gasteiger partial charge < -0.3 is 16.0 Å². The lowest BCUT2D eigenvalue weighted by molar-refractivity contribution is -0.110. The van der Waals surface area contributed by atoms with E-state index in [1.807, 2.05) is 30.3 Å². The molecule has 2 heterocycles. The molecule has 0 aliphatic carbocycles. The Balaban J connectivity index is 1.33. The number of rotatable bonds is 11. The normalized spacial score (nSPS) is 16.2. The Bertz CT molecular complexity index is 2000. The highest BCUT2D eigenvalue weighted by Crippen LogP contribution is 2.39. The standard InChI is InChI=1S/C34H36N6O5S2/c1-46(42,43)40(23-22-39-20-18-35-19-21-39)28-14-12-26(13-15-28)36-33(25-8-4-2-5-9-25)32-30-24-29(16-17-31(30)37-34(32)41)47(44,45)38-27-10-6-3-7-11-27/h2-17,24,35-36,38H,18-23H2,1H3,(H,37,41). The minimum Gasteiger partial charge on any atom is -0.354 e. The fourth-order valence-corrected chi connectivity index (χ4v) is 7.68. The summed E-state index contributed by atoms with van der Waals surface area (Å²) in [7, 11) is -7.49. The van der Waals surface area contributed by atoms with Gasteiger partial charge in [0.1, 0.15) is 0 Å². The molecule has 0 saturated carbocycles. The van der Waals surface area contributed by atoms with E-state index in [1.165, 1.54) is 22.7 Å². The summed E-state index contributed by atoms with van der Waals surface area (Å²) in [5.74, 6) is -0.385. The Hall–Kier alpha value is -4.69. The predicted octanol–water partition coefficient (Wildman–Crippen LogP) is 4.09. The first kappa shape index (κ1) is 32.3. The number of benzene rings is 4. The third-order valence-corrected chi connectivity index (χ3v) is 10.6. The van der Waals surface area contributed by atoms with Crippen LogP contribution >= 0.6 is 0 Å². The zero-order chi connectivity index (χ0) is 33.0. The average Bonchev–Trinajstić information content (AvgIpc) is 3.39. The van der Waals surface area contributed by atoms with E-state index in [1.54, 1.807) is 60.7 Å². The van der Waals surface area contributed by atoms with Gasteiger partial charge in [0, 0.05) is 61.9 Å². The maximum Gasteiger partial charge on any atom is 0.261 e. The summed E-state index contributed by atoms with van der Waals surface area (Å²) in [6.07, 6.45) is 1.20. The molecule has 0 radical (unpaired) electrons. The number of nitrogens with one attached hydrogen (secondary N) is 4. The maximum atomic E-state index is 13.5. The van der Waals surface area contributed by atoms with Crippen molar-refractivity contribution in [3.05, 3.63) is 114 Å². The molecule has 0 spiro atoms. The molecule has 11 nitrogen and oxygen atoms in total. The number of para-hydroxylation sites is 1. The number of fused-ring (bicyclic) bond motifs is 1. The fourth-order valence-electron chi connectivity index (χ4n) is 5.67. The highest BCUT2D eigenvalue weighted by Gasteiger charge is 2.30. The van der Waals surface area contributed by atoms with Crippen LogP contribution in [0, 0.1) is 0 Å². The highest BCUT2D eigenvalue weighted by atomic mass is 32.2. The molecule has 1 fully saturated rings. The van der Waals surface area contributed by atoms with E-state index in [9.17, 15) is 21.6 Å². The number of sulfonamides is 2. The molecule has 2 aliphatic heterocycles. The first-order chi connectivity index (χ1) is 22.6. The van der Waals surface area contributed by atoms with Crippen molar-refractivity contribution >= 4 is 60.0 Å². The number of hydrogen-bond donors (Lipinski definition) is 4. The Morgan fingerprint density at radius 3 is 2.15 bits per heavy atom.